The van der Waals surface area contributed by atoms with Crippen molar-refractivity contribution in [2.45, 2.75) is 25.9 Å². The lowest BCUT2D eigenvalue weighted by Crippen LogP contribution is -2.41. The van der Waals surface area contributed by atoms with Gasteiger partial charge >= 0.3 is 0 Å². The van der Waals surface area contributed by atoms with Gasteiger partial charge in [-0.3, -0.25) is 4.79 Å². The smallest absolute Gasteiger partial charge is 0.253 e. The molecule has 1 aliphatic rings. The fourth-order valence-corrected chi connectivity index (χ4v) is 2.60. The van der Waals surface area contributed by atoms with E-state index in [0.717, 1.165) is 18.5 Å². The van der Waals surface area contributed by atoms with Crippen LogP contribution in [-0.2, 0) is 0 Å². The van der Waals surface area contributed by atoms with E-state index in [2.05, 4.69) is 10.2 Å². The van der Waals surface area contributed by atoms with Crippen LogP contribution in [0.1, 0.15) is 28.9 Å². The third kappa shape index (κ3) is 3.83. The normalized spacial score (nSPS) is 15.5. The van der Waals surface area contributed by atoms with E-state index in [-0.39, 0.29) is 12.0 Å². The van der Waals surface area contributed by atoms with Crippen molar-refractivity contribution in [1.82, 2.24) is 15.1 Å². The molecular weight excluding hydrogens is 297 g/mol. The Bertz CT molecular complexity index is 682. The molecule has 2 heterocycles. The number of nitrogens with zero attached hydrogens (tertiary/aromatic N) is 3. The number of piperidine rings is 1. The number of amides is 1. The number of aryl methyl sites for hydroxylation is 1. The second-order valence-corrected chi connectivity index (χ2v) is 5.63. The maximum atomic E-state index is 13.2. The van der Waals surface area contributed by atoms with Gasteiger partial charge in [-0.05, 0) is 31.2 Å². The van der Waals surface area contributed by atoms with Gasteiger partial charge in [0.25, 0.3) is 5.91 Å². The lowest BCUT2D eigenvalue weighted by Gasteiger charge is -2.31. The molecule has 3 rings (SSSR count). The molecule has 0 N–H and O–H groups in total. The third-order valence-electron chi connectivity index (χ3n) is 3.86. The lowest BCUT2D eigenvalue weighted by atomic mass is 10.1. The molecule has 6 heteroatoms. The number of ether oxygens (including phenoxy) is 1. The van der Waals surface area contributed by atoms with Crippen LogP contribution < -0.4 is 4.74 Å². The zero-order chi connectivity index (χ0) is 16.2. The highest BCUT2D eigenvalue weighted by molar-refractivity contribution is 5.94. The molecule has 1 aliphatic heterocycles. The quantitative estimate of drug-likeness (QED) is 0.873. The van der Waals surface area contributed by atoms with Crippen LogP contribution in [0.15, 0.2) is 36.4 Å². The number of aromatic nitrogens is 2. The van der Waals surface area contributed by atoms with E-state index in [1.807, 2.05) is 13.0 Å². The molecule has 23 heavy (non-hydrogen) atoms. The van der Waals surface area contributed by atoms with Crippen molar-refractivity contribution in [1.29, 1.82) is 0 Å². The molecule has 1 aromatic carbocycles. The van der Waals surface area contributed by atoms with Gasteiger partial charge in [0.2, 0.25) is 5.88 Å². The first kappa shape index (κ1) is 15.4. The van der Waals surface area contributed by atoms with Gasteiger partial charge in [-0.25, -0.2) is 4.39 Å². The van der Waals surface area contributed by atoms with E-state index in [1.54, 1.807) is 23.1 Å². The van der Waals surface area contributed by atoms with Crippen LogP contribution in [0.4, 0.5) is 4.39 Å². The van der Waals surface area contributed by atoms with E-state index in [0.29, 0.717) is 24.5 Å². The maximum Gasteiger partial charge on any atom is 0.253 e. The Hall–Kier alpha value is -2.50. The first-order valence-electron chi connectivity index (χ1n) is 7.63. The predicted molar refractivity (Wildman–Crippen MR) is 82.7 cm³/mol. The Kier molecular flexibility index (Phi) is 4.50. The SMILES string of the molecule is Cc1ccc(OC2CCN(C(=O)c3cccc(F)c3)CC2)nn1. The average molecular weight is 315 g/mol. The topological polar surface area (TPSA) is 55.3 Å². The second kappa shape index (κ2) is 6.73. The summed E-state index contributed by atoms with van der Waals surface area (Å²) in [4.78, 5) is 14.1. The van der Waals surface area contributed by atoms with E-state index >= 15 is 0 Å². The Morgan fingerprint density at radius 1 is 1.22 bits per heavy atom. The lowest BCUT2D eigenvalue weighted by molar-refractivity contribution is 0.0585. The van der Waals surface area contributed by atoms with Crippen molar-refractivity contribution in [2.75, 3.05) is 13.1 Å². The number of hydrogen-bond acceptors (Lipinski definition) is 4. The molecular formula is C17H18FN3O2. The minimum Gasteiger partial charge on any atom is -0.473 e. The van der Waals surface area contributed by atoms with Crippen LogP contribution in [0.2, 0.25) is 0 Å². The van der Waals surface area contributed by atoms with Gasteiger partial charge in [-0.1, -0.05) is 6.07 Å². The Labute approximate surface area is 134 Å². The summed E-state index contributed by atoms with van der Waals surface area (Å²) in [5, 5.41) is 7.95. The number of halogens is 1. The van der Waals surface area contributed by atoms with E-state index in [9.17, 15) is 9.18 Å². The minimum absolute atomic E-state index is 0.0172. The highest BCUT2D eigenvalue weighted by Crippen LogP contribution is 2.18. The van der Waals surface area contributed by atoms with Crippen molar-refractivity contribution in [3.8, 4) is 5.88 Å². The Morgan fingerprint density at radius 3 is 2.65 bits per heavy atom. The highest BCUT2D eigenvalue weighted by Gasteiger charge is 2.25. The summed E-state index contributed by atoms with van der Waals surface area (Å²) in [7, 11) is 0. The molecule has 0 spiro atoms. The van der Waals surface area contributed by atoms with Gasteiger partial charge in [0.05, 0.1) is 5.69 Å². The van der Waals surface area contributed by atoms with Crippen LogP contribution in [-0.4, -0.2) is 40.2 Å². The molecule has 120 valence electrons. The molecule has 1 saturated heterocycles. The molecule has 1 fully saturated rings. The van der Waals surface area contributed by atoms with E-state index in [1.165, 1.54) is 12.1 Å². The molecule has 0 bridgehead atoms. The number of carbonyl (C=O) groups is 1. The minimum atomic E-state index is -0.396. The van der Waals surface area contributed by atoms with Crippen LogP contribution in [0, 0.1) is 12.7 Å². The van der Waals surface area contributed by atoms with Gasteiger partial charge in [0.1, 0.15) is 11.9 Å². The first-order chi connectivity index (χ1) is 11.1. The maximum absolute atomic E-state index is 13.2. The Morgan fingerprint density at radius 2 is 2.00 bits per heavy atom. The molecule has 5 nitrogen and oxygen atoms in total. The fraction of sp³-hybridized carbons (Fsp3) is 0.353. The fourth-order valence-electron chi connectivity index (χ4n) is 2.60. The van der Waals surface area contributed by atoms with Gasteiger partial charge < -0.3 is 9.64 Å². The molecule has 1 amide bonds. The van der Waals surface area contributed by atoms with Crippen molar-refractivity contribution in [3.05, 3.63) is 53.5 Å². The third-order valence-corrected chi connectivity index (χ3v) is 3.86. The Balaban J connectivity index is 1.55. The molecule has 0 aliphatic carbocycles. The first-order valence-corrected chi connectivity index (χ1v) is 7.63. The van der Waals surface area contributed by atoms with Crippen molar-refractivity contribution >= 4 is 5.91 Å². The summed E-state index contributed by atoms with van der Waals surface area (Å²) in [6, 6.07) is 9.44. The number of hydrogen-bond donors (Lipinski definition) is 0. The molecule has 0 unspecified atom stereocenters. The molecule has 0 atom stereocenters. The monoisotopic (exact) mass is 315 g/mol. The summed E-state index contributed by atoms with van der Waals surface area (Å²) < 4.78 is 19.0. The summed E-state index contributed by atoms with van der Waals surface area (Å²) in [6.45, 7) is 3.03. The van der Waals surface area contributed by atoms with Gasteiger partial charge in [0.15, 0.2) is 0 Å². The summed E-state index contributed by atoms with van der Waals surface area (Å²) in [5.41, 5.74) is 1.22. The van der Waals surface area contributed by atoms with Crippen LogP contribution in [0.25, 0.3) is 0 Å². The average Bonchev–Trinajstić information content (AvgIpc) is 2.57. The number of likely N-dealkylation sites (tertiary alicyclic amines) is 1. The van der Waals surface area contributed by atoms with Crippen LogP contribution >= 0.6 is 0 Å². The number of benzene rings is 1. The van der Waals surface area contributed by atoms with Crippen LogP contribution in [0.5, 0.6) is 5.88 Å². The molecule has 2 aromatic rings. The van der Waals surface area contributed by atoms with Gasteiger partial charge in [-0.2, -0.15) is 5.10 Å². The van der Waals surface area contributed by atoms with Crippen molar-refractivity contribution in [2.24, 2.45) is 0 Å². The highest BCUT2D eigenvalue weighted by atomic mass is 19.1. The predicted octanol–water partition coefficient (Wildman–Crippen LogP) is 2.61. The van der Waals surface area contributed by atoms with Gasteiger partial charge in [0, 0.05) is 37.6 Å². The zero-order valence-corrected chi connectivity index (χ0v) is 12.9. The molecule has 0 saturated carbocycles. The zero-order valence-electron chi connectivity index (χ0n) is 12.9. The largest absolute Gasteiger partial charge is 0.473 e. The summed E-state index contributed by atoms with van der Waals surface area (Å²) >= 11 is 0. The van der Waals surface area contributed by atoms with Crippen molar-refractivity contribution < 1.29 is 13.9 Å². The number of rotatable bonds is 3. The standard InChI is InChI=1S/C17H18FN3O2/c1-12-5-6-16(20-19-12)23-15-7-9-21(10-8-15)17(22)13-3-2-4-14(18)11-13/h2-6,11,15H,7-10H2,1H3. The van der Waals surface area contributed by atoms with E-state index < -0.39 is 5.82 Å². The van der Waals surface area contributed by atoms with Gasteiger partial charge in [-0.15, -0.1) is 5.10 Å². The number of carbonyl (C=O) groups excluding carboxylic acids is 1. The molecule has 1 aromatic heterocycles. The summed E-state index contributed by atoms with van der Waals surface area (Å²) in [5.74, 6) is -0.0319. The van der Waals surface area contributed by atoms with Crippen molar-refractivity contribution in [3.63, 3.8) is 0 Å². The van der Waals surface area contributed by atoms with Crippen LogP contribution in [0.3, 0.4) is 0 Å². The second-order valence-electron chi connectivity index (χ2n) is 5.63. The summed E-state index contributed by atoms with van der Waals surface area (Å²) in [6.07, 6.45) is 1.45. The van der Waals surface area contributed by atoms with E-state index in [4.69, 9.17) is 4.74 Å². The molecule has 0 radical (unpaired) electrons.